The van der Waals surface area contributed by atoms with Gasteiger partial charge in [-0.1, -0.05) is 0 Å². The van der Waals surface area contributed by atoms with E-state index < -0.39 is 6.10 Å². The Morgan fingerprint density at radius 3 is 2.79 bits per heavy atom. The molecule has 1 fully saturated rings. The topological polar surface area (TPSA) is 40.5 Å². The Balaban J connectivity index is 2.19. The molecule has 14 heavy (non-hydrogen) atoms. The van der Waals surface area contributed by atoms with Crippen LogP contribution in [0.1, 0.15) is 20.3 Å². The van der Waals surface area contributed by atoms with Crippen LogP contribution in [-0.4, -0.2) is 34.3 Å². The van der Waals surface area contributed by atoms with Crippen molar-refractivity contribution in [3.63, 3.8) is 0 Å². The van der Waals surface area contributed by atoms with Gasteiger partial charge in [-0.25, -0.2) is 0 Å². The Hall–Kier alpha value is -0.480. The van der Waals surface area contributed by atoms with Crippen molar-refractivity contribution in [2.45, 2.75) is 32.4 Å². The van der Waals surface area contributed by atoms with Crippen LogP contribution in [0.25, 0.3) is 0 Å². The van der Waals surface area contributed by atoms with Gasteiger partial charge in [-0.05, 0) is 20.1 Å². The Morgan fingerprint density at radius 2 is 2.29 bits per heavy atom. The third-order valence-electron chi connectivity index (χ3n) is 3.19. The highest BCUT2D eigenvalue weighted by Gasteiger charge is 2.53. The predicted molar refractivity (Wildman–Crippen MR) is 56.6 cm³/mol. The lowest BCUT2D eigenvalue weighted by molar-refractivity contribution is -0.157. The van der Waals surface area contributed by atoms with E-state index in [9.17, 15) is 9.90 Å². The van der Waals surface area contributed by atoms with E-state index in [1.165, 1.54) is 4.91 Å². The standard InChI is InChI=1S/C10H15NO2S/c1-5-8(14-3)4-7-9(6(2)12)10(13)11(5)7/h6-7,9,12H,4H2,1-3H3. The second-order valence-corrected chi connectivity index (χ2v) is 4.86. The first-order chi connectivity index (χ1) is 6.57. The van der Waals surface area contributed by atoms with Gasteiger partial charge in [0.05, 0.1) is 18.1 Å². The van der Waals surface area contributed by atoms with E-state index >= 15 is 0 Å². The highest BCUT2D eigenvalue weighted by molar-refractivity contribution is 8.02. The summed E-state index contributed by atoms with van der Waals surface area (Å²) in [7, 11) is 0. The molecule has 0 aliphatic carbocycles. The number of β-lactam (4-membered cyclic amide) rings is 1. The minimum atomic E-state index is -0.516. The van der Waals surface area contributed by atoms with Crippen LogP contribution in [0.4, 0.5) is 0 Å². The number of allylic oxidation sites excluding steroid dienone is 1. The smallest absolute Gasteiger partial charge is 0.234 e. The molecule has 3 atom stereocenters. The summed E-state index contributed by atoms with van der Waals surface area (Å²) in [6.07, 6.45) is 2.44. The number of rotatable bonds is 2. The number of carbonyl (C=O) groups is 1. The quantitative estimate of drug-likeness (QED) is 0.701. The molecule has 2 heterocycles. The average Bonchev–Trinajstić information content (AvgIpc) is 2.36. The van der Waals surface area contributed by atoms with Crippen LogP contribution in [-0.2, 0) is 4.79 Å². The Labute approximate surface area is 88.2 Å². The molecule has 1 saturated heterocycles. The van der Waals surface area contributed by atoms with E-state index in [4.69, 9.17) is 0 Å². The van der Waals surface area contributed by atoms with E-state index in [2.05, 4.69) is 0 Å². The van der Waals surface area contributed by atoms with Crippen molar-refractivity contribution in [1.29, 1.82) is 0 Å². The molecule has 2 aliphatic rings. The molecule has 0 spiro atoms. The van der Waals surface area contributed by atoms with Gasteiger partial charge in [0.25, 0.3) is 0 Å². The van der Waals surface area contributed by atoms with Crippen molar-refractivity contribution < 1.29 is 9.90 Å². The molecule has 78 valence electrons. The molecule has 0 aromatic carbocycles. The molecule has 0 aromatic rings. The second-order valence-electron chi connectivity index (χ2n) is 3.96. The summed E-state index contributed by atoms with van der Waals surface area (Å²) in [5.41, 5.74) is 1.09. The predicted octanol–water partition coefficient (Wildman–Crippen LogP) is 1.19. The number of carbonyl (C=O) groups excluding carboxylic acids is 1. The fraction of sp³-hybridized carbons (Fsp3) is 0.700. The van der Waals surface area contributed by atoms with E-state index in [0.29, 0.717) is 0 Å². The maximum Gasteiger partial charge on any atom is 0.234 e. The van der Waals surface area contributed by atoms with Crippen molar-refractivity contribution in [2.75, 3.05) is 6.26 Å². The van der Waals surface area contributed by atoms with E-state index in [1.807, 2.05) is 18.1 Å². The molecule has 1 N–H and O–H groups in total. The lowest BCUT2D eigenvalue weighted by Gasteiger charge is -2.45. The van der Waals surface area contributed by atoms with Crippen molar-refractivity contribution in [2.24, 2.45) is 5.92 Å². The first-order valence-electron chi connectivity index (χ1n) is 4.82. The Kier molecular flexibility index (Phi) is 2.35. The van der Waals surface area contributed by atoms with Crippen molar-refractivity contribution in [3.05, 3.63) is 10.6 Å². The fourth-order valence-corrected chi connectivity index (χ4v) is 3.16. The van der Waals surface area contributed by atoms with Gasteiger partial charge < -0.3 is 10.0 Å². The monoisotopic (exact) mass is 213 g/mol. The SMILES string of the molecule is CSC1=C(C)N2C(=O)C(C(C)O)C2C1. The molecule has 2 rings (SSSR count). The first kappa shape index (κ1) is 10.1. The number of hydrogen-bond acceptors (Lipinski definition) is 3. The molecule has 3 nitrogen and oxygen atoms in total. The maximum atomic E-state index is 11.7. The maximum absolute atomic E-state index is 11.7. The third-order valence-corrected chi connectivity index (χ3v) is 4.15. The third kappa shape index (κ3) is 1.13. The van der Waals surface area contributed by atoms with Crippen molar-refractivity contribution in [1.82, 2.24) is 4.90 Å². The second kappa shape index (κ2) is 3.28. The minimum Gasteiger partial charge on any atom is -0.393 e. The number of aliphatic hydroxyl groups excluding tert-OH is 1. The molecule has 0 radical (unpaired) electrons. The van der Waals surface area contributed by atoms with Crippen molar-refractivity contribution in [3.8, 4) is 0 Å². The zero-order chi connectivity index (χ0) is 10.5. The number of fused-ring (bicyclic) bond motifs is 1. The molecule has 0 aromatic heterocycles. The lowest BCUT2D eigenvalue weighted by atomic mass is 9.83. The van der Waals surface area contributed by atoms with E-state index in [0.717, 1.165) is 12.1 Å². The van der Waals surface area contributed by atoms with Crippen LogP contribution in [0.2, 0.25) is 0 Å². The summed E-state index contributed by atoms with van der Waals surface area (Å²) in [6, 6.07) is 0.227. The number of aliphatic hydroxyl groups is 1. The summed E-state index contributed by atoms with van der Waals surface area (Å²) in [5, 5.41) is 9.46. The fourth-order valence-electron chi connectivity index (χ4n) is 2.43. The van der Waals surface area contributed by atoms with Gasteiger partial charge in [0.15, 0.2) is 0 Å². The van der Waals surface area contributed by atoms with Gasteiger partial charge in [-0.3, -0.25) is 4.79 Å². The molecule has 3 unspecified atom stereocenters. The molecular formula is C10H15NO2S. The minimum absolute atomic E-state index is 0.0894. The van der Waals surface area contributed by atoms with Crippen LogP contribution < -0.4 is 0 Å². The highest BCUT2D eigenvalue weighted by atomic mass is 32.2. The molecule has 0 bridgehead atoms. The zero-order valence-electron chi connectivity index (χ0n) is 8.65. The number of nitrogens with zero attached hydrogens (tertiary/aromatic N) is 1. The van der Waals surface area contributed by atoms with Gasteiger partial charge in [-0.2, -0.15) is 0 Å². The zero-order valence-corrected chi connectivity index (χ0v) is 9.47. The van der Waals surface area contributed by atoms with Crippen LogP contribution in [0.15, 0.2) is 10.6 Å². The average molecular weight is 213 g/mol. The summed E-state index contributed by atoms with van der Waals surface area (Å²) in [5.74, 6) is -0.0823. The summed E-state index contributed by atoms with van der Waals surface area (Å²) in [6.45, 7) is 3.69. The number of hydrogen-bond donors (Lipinski definition) is 1. The van der Waals surface area contributed by atoms with Gasteiger partial charge in [0.1, 0.15) is 0 Å². The van der Waals surface area contributed by atoms with Crippen LogP contribution >= 0.6 is 11.8 Å². The van der Waals surface area contributed by atoms with Crippen LogP contribution in [0.3, 0.4) is 0 Å². The van der Waals surface area contributed by atoms with Crippen LogP contribution in [0, 0.1) is 5.92 Å². The largest absolute Gasteiger partial charge is 0.393 e. The van der Waals surface area contributed by atoms with E-state index in [1.54, 1.807) is 18.7 Å². The number of thioether (sulfide) groups is 1. The van der Waals surface area contributed by atoms with Gasteiger partial charge in [-0.15, -0.1) is 11.8 Å². The highest BCUT2D eigenvalue weighted by Crippen LogP contribution is 2.45. The normalized spacial score (nSPS) is 33.1. The lowest BCUT2D eigenvalue weighted by Crippen LogP contribution is -2.60. The molecule has 4 heteroatoms. The Morgan fingerprint density at radius 1 is 1.64 bits per heavy atom. The van der Waals surface area contributed by atoms with Crippen molar-refractivity contribution >= 4 is 17.7 Å². The Bertz CT molecular complexity index is 311. The molecule has 1 amide bonds. The summed E-state index contributed by atoms with van der Waals surface area (Å²) < 4.78 is 0. The van der Waals surface area contributed by atoms with Gasteiger partial charge in [0.2, 0.25) is 5.91 Å². The molecule has 2 aliphatic heterocycles. The summed E-state index contributed by atoms with van der Waals surface area (Å²) in [4.78, 5) is 14.8. The van der Waals surface area contributed by atoms with Gasteiger partial charge in [0, 0.05) is 17.0 Å². The van der Waals surface area contributed by atoms with Gasteiger partial charge >= 0.3 is 0 Å². The number of amides is 1. The first-order valence-corrected chi connectivity index (χ1v) is 6.05. The molecular weight excluding hydrogens is 198 g/mol. The molecule has 0 saturated carbocycles. The summed E-state index contributed by atoms with van der Waals surface area (Å²) >= 11 is 1.71. The van der Waals surface area contributed by atoms with E-state index in [-0.39, 0.29) is 17.9 Å². The van der Waals surface area contributed by atoms with Crippen LogP contribution in [0.5, 0.6) is 0 Å².